The third-order valence-corrected chi connectivity index (χ3v) is 3.74. The van der Waals surface area contributed by atoms with E-state index in [1.54, 1.807) is 13.2 Å². The normalized spacial score (nSPS) is 11.0. The molecule has 1 heterocycles. The number of aryl methyl sites for hydroxylation is 2. The first kappa shape index (κ1) is 22.1. The molecule has 0 unspecified atom stereocenters. The zero-order valence-electron chi connectivity index (χ0n) is 15.6. The second-order valence-electron chi connectivity index (χ2n) is 5.63. The van der Waals surface area contributed by atoms with Crippen LogP contribution in [0.3, 0.4) is 0 Å². The summed E-state index contributed by atoms with van der Waals surface area (Å²) in [4.78, 5) is 8.82. The van der Waals surface area contributed by atoms with E-state index in [1.807, 2.05) is 32.9 Å². The summed E-state index contributed by atoms with van der Waals surface area (Å²) in [6.07, 6.45) is 0.776. The van der Waals surface area contributed by atoms with E-state index in [1.165, 1.54) is 0 Å². The highest BCUT2D eigenvalue weighted by Gasteiger charge is 2.06. The van der Waals surface area contributed by atoms with Crippen LogP contribution in [-0.4, -0.2) is 36.2 Å². The van der Waals surface area contributed by atoms with Crippen LogP contribution in [0.4, 0.5) is 0 Å². The fourth-order valence-electron chi connectivity index (χ4n) is 2.30. The largest absolute Gasteiger partial charge is 0.504 e. The van der Waals surface area contributed by atoms with Gasteiger partial charge in [-0.2, -0.15) is 0 Å². The summed E-state index contributed by atoms with van der Waals surface area (Å²) in [6.45, 7) is 7.68. The summed E-state index contributed by atoms with van der Waals surface area (Å²) in [7, 11) is 1.54. The van der Waals surface area contributed by atoms with Gasteiger partial charge in [0.25, 0.3) is 0 Å². The first-order chi connectivity index (χ1) is 12.0. The van der Waals surface area contributed by atoms with Crippen LogP contribution in [0.2, 0.25) is 0 Å². The maximum absolute atomic E-state index is 9.63. The van der Waals surface area contributed by atoms with E-state index in [4.69, 9.17) is 9.15 Å². The fourth-order valence-corrected chi connectivity index (χ4v) is 2.30. The lowest BCUT2D eigenvalue weighted by Gasteiger charge is -2.11. The van der Waals surface area contributed by atoms with Crippen LogP contribution in [-0.2, 0) is 13.0 Å². The molecule has 0 bridgehead atoms. The Kier molecular flexibility index (Phi) is 9.25. The highest BCUT2D eigenvalue weighted by atomic mass is 127. The summed E-state index contributed by atoms with van der Waals surface area (Å²) in [5.74, 6) is 2.76. The Morgan fingerprint density at radius 2 is 2.08 bits per heavy atom. The van der Waals surface area contributed by atoms with E-state index < -0.39 is 0 Å². The van der Waals surface area contributed by atoms with Crippen molar-refractivity contribution in [3.05, 3.63) is 41.1 Å². The predicted octanol–water partition coefficient (Wildman–Crippen LogP) is 2.92. The Morgan fingerprint density at radius 3 is 2.69 bits per heavy atom. The summed E-state index contributed by atoms with van der Waals surface area (Å²) in [6, 6.07) is 5.35. The average Bonchev–Trinajstić information content (AvgIpc) is 2.92. The molecule has 0 aliphatic heterocycles. The van der Waals surface area contributed by atoms with Gasteiger partial charge in [0.15, 0.2) is 17.5 Å². The molecule has 0 saturated heterocycles. The highest BCUT2D eigenvalue weighted by Crippen LogP contribution is 2.26. The summed E-state index contributed by atoms with van der Waals surface area (Å²) >= 11 is 0. The van der Waals surface area contributed by atoms with Crippen molar-refractivity contribution in [2.24, 2.45) is 4.99 Å². The van der Waals surface area contributed by atoms with Crippen molar-refractivity contribution in [1.82, 2.24) is 15.6 Å². The zero-order valence-corrected chi connectivity index (χ0v) is 18.0. The topological polar surface area (TPSA) is 91.9 Å². The third kappa shape index (κ3) is 6.40. The molecule has 0 amide bonds. The summed E-state index contributed by atoms with van der Waals surface area (Å²) in [5.41, 5.74) is 1.96. The molecule has 0 aliphatic rings. The number of phenolic OH excluding ortho intramolecular Hbond substituents is 1. The SMILES string of the molecule is CCNC(=NCc1nc(C)c(C)o1)NCCc1ccc(O)c(OC)c1.I. The van der Waals surface area contributed by atoms with E-state index in [0.29, 0.717) is 30.7 Å². The lowest BCUT2D eigenvalue weighted by atomic mass is 10.1. The first-order valence-electron chi connectivity index (χ1n) is 8.34. The van der Waals surface area contributed by atoms with Crippen molar-refractivity contribution in [2.45, 2.75) is 33.7 Å². The number of benzene rings is 1. The van der Waals surface area contributed by atoms with Crippen molar-refractivity contribution >= 4 is 29.9 Å². The smallest absolute Gasteiger partial charge is 0.216 e. The minimum atomic E-state index is 0. The highest BCUT2D eigenvalue weighted by molar-refractivity contribution is 14.0. The van der Waals surface area contributed by atoms with Crippen LogP contribution in [0.1, 0.15) is 29.8 Å². The third-order valence-electron chi connectivity index (χ3n) is 3.74. The molecule has 0 spiro atoms. The molecule has 0 radical (unpaired) electrons. The summed E-state index contributed by atoms with van der Waals surface area (Å²) in [5, 5.41) is 16.1. The number of nitrogens with one attached hydrogen (secondary N) is 2. The number of phenols is 1. The van der Waals surface area contributed by atoms with Crippen LogP contribution in [0.5, 0.6) is 11.5 Å². The molecule has 1 aromatic heterocycles. The van der Waals surface area contributed by atoms with Gasteiger partial charge in [-0.3, -0.25) is 0 Å². The molecule has 3 N–H and O–H groups in total. The second-order valence-corrected chi connectivity index (χ2v) is 5.63. The number of aliphatic imine (C=N–C) groups is 1. The molecule has 7 nitrogen and oxygen atoms in total. The van der Waals surface area contributed by atoms with Gasteiger partial charge in [-0.15, -0.1) is 24.0 Å². The number of hydrogen-bond acceptors (Lipinski definition) is 5. The van der Waals surface area contributed by atoms with Crippen molar-refractivity contribution in [3.8, 4) is 11.5 Å². The number of rotatable bonds is 7. The van der Waals surface area contributed by atoms with Gasteiger partial charge in [0.05, 0.1) is 12.8 Å². The van der Waals surface area contributed by atoms with Crippen molar-refractivity contribution < 1.29 is 14.3 Å². The Bertz CT molecular complexity index is 712. The van der Waals surface area contributed by atoms with Crippen molar-refractivity contribution in [2.75, 3.05) is 20.2 Å². The lowest BCUT2D eigenvalue weighted by molar-refractivity contribution is 0.373. The number of nitrogens with zero attached hydrogens (tertiary/aromatic N) is 2. The Hall–Kier alpha value is -1.97. The number of guanidine groups is 1. The number of aromatic nitrogens is 1. The maximum atomic E-state index is 9.63. The van der Waals surface area contributed by atoms with Crippen LogP contribution < -0.4 is 15.4 Å². The first-order valence-corrected chi connectivity index (χ1v) is 8.34. The monoisotopic (exact) mass is 474 g/mol. The van der Waals surface area contributed by atoms with Gasteiger partial charge in [0.2, 0.25) is 5.89 Å². The van der Waals surface area contributed by atoms with Crippen LogP contribution in [0.25, 0.3) is 0 Å². The van der Waals surface area contributed by atoms with E-state index in [9.17, 15) is 5.11 Å². The van der Waals surface area contributed by atoms with Gasteiger partial charge in [-0.1, -0.05) is 6.07 Å². The predicted molar refractivity (Wildman–Crippen MR) is 113 cm³/mol. The molecule has 1 aromatic carbocycles. The number of aromatic hydroxyl groups is 1. The van der Waals surface area contributed by atoms with Gasteiger partial charge in [0.1, 0.15) is 12.3 Å². The van der Waals surface area contributed by atoms with Gasteiger partial charge in [-0.25, -0.2) is 9.98 Å². The fraction of sp³-hybridized carbons (Fsp3) is 0.444. The van der Waals surface area contributed by atoms with E-state index >= 15 is 0 Å². The van der Waals surface area contributed by atoms with Crippen LogP contribution in [0, 0.1) is 13.8 Å². The van der Waals surface area contributed by atoms with Crippen LogP contribution >= 0.6 is 24.0 Å². The number of halogens is 1. The van der Waals surface area contributed by atoms with E-state index in [2.05, 4.69) is 20.6 Å². The number of ether oxygens (including phenoxy) is 1. The molecular formula is C18H27IN4O3. The van der Waals surface area contributed by atoms with Crippen molar-refractivity contribution in [3.63, 3.8) is 0 Å². The zero-order chi connectivity index (χ0) is 18.2. The number of hydrogen-bond donors (Lipinski definition) is 3. The van der Waals surface area contributed by atoms with E-state index in [0.717, 1.165) is 30.0 Å². The molecule has 144 valence electrons. The Labute approximate surface area is 171 Å². The summed E-state index contributed by atoms with van der Waals surface area (Å²) < 4.78 is 10.7. The van der Waals surface area contributed by atoms with Crippen LogP contribution in [0.15, 0.2) is 27.6 Å². The molecule has 0 aliphatic carbocycles. The Morgan fingerprint density at radius 1 is 1.31 bits per heavy atom. The Balaban J connectivity index is 0.00000338. The van der Waals surface area contributed by atoms with Gasteiger partial charge < -0.3 is 24.9 Å². The minimum absolute atomic E-state index is 0. The maximum Gasteiger partial charge on any atom is 0.216 e. The molecular weight excluding hydrogens is 447 g/mol. The molecule has 2 rings (SSSR count). The quantitative estimate of drug-likeness (QED) is 0.325. The number of oxazole rings is 1. The molecule has 2 aromatic rings. The molecule has 26 heavy (non-hydrogen) atoms. The van der Waals surface area contributed by atoms with E-state index in [-0.39, 0.29) is 29.7 Å². The number of methoxy groups -OCH3 is 1. The minimum Gasteiger partial charge on any atom is -0.504 e. The molecule has 0 saturated carbocycles. The molecule has 8 heteroatoms. The standard InChI is InChI=1S/C18H26N4O3.HI/c1-5-19-18(21-11-17-22-12(2)13(3)25-17)20-9-8-14-6-7-15(23)16(10-14)24-4;/h6-7,10,23H,5,8-9,11H2,1-4H3,(H2,19,20,21);1H. The average molecular weight is 474 g/mol. The molecule has 0 fully saturated rings. The molecule has 0 atom stereocenters. The second kappa shape index (κ2) is 10.9. The van der Waals surface area contributed by atoms with Gasteiger partial charge in [0, 0.05) is 13.1 Å². The van der Waals surface area contributed by atoms with Crippen molar-refractivity contribution in [1.29, 1.82) is 0 Å². The lowest BCUT2D eigenvalue weighted by Crippen LogP contribution is -2.38. The van der Waals surface area contributed by atoms with Gasteiger partial charge in [-0.05, 0) is 44.9 Å². The van der Waals surface area contributed by atoms with Gasteiger partial charge >= 0.3 is 0 Å².